The largest absolute Gasteiger partial charge is 0.287 e. The van der Waals surface area contributed by atoms with Crippen LogP contribution in [-0.2, 0) is 14.4 Å². The van der Waals surface area contributed by atoms with Gasteiger partial charge in [-0.1, -0.05) is 85.7 Å². The van der Waals surface area contributed by atoms with Crippen molar-refractivity contribution < 1.29 is 18.8 Å². The monoisotopic (exact) mass is 513 g/mol. The molecule has 0 saturated carbocycles. The van der Waals surface area contributed by atoms with Crippen LogP contribution >= 0.6 is 23.4 Å². The van der Waals surface area contributed by atoms with Crippen LogP contribution in [0, 0.1) is 22.1 Å². The third-order valence-corrected chi connectivity index (χ3v) is 6.64. The number of carbonyl (C=O) groups excluding carboxylic acids is 3. The molecule has 4 nitrogen and oxygen atoms in total. The molecule has 0 bridgehead atoms. The summed E-state index contributed by atoms with van der Waals surface area (Å²) in [5.74, 6) is -1.67. The van der Waals surface area contributed by atoms with Crippen molar-refractivity contribution >= 4 is 46.0 Å². The molecule has 0 heterocycles. The van der Waals surface area contributed by atoms with Gasteiger partial charge >= 0.3 is 0 Å². The Hall–Kier alpha value is -1.40. The highest BCUT2D eigenvalue weighted by molar-refractivity contribution is 8.13. The highest BCUT2D eigenvalue weighted by Crippen LogP contribution is 2.37. The van der Waals surface area contributed by atoms with Gasteiger partial charge in [0.05, 0.1) is 10.7 Å². The lowest BCUT2D eigenvalue weighted by Gasteiger charge is -2.26. The topological polar surface area (TPSA) is 54.5 Å². The molecular weight excluding hydrogens is 473 g/mol. The van der Waals surface area contributed by atoms with Gasteiger partial charge in [-0.2, -0.15) is 0 Å². The molecule has 2 amide bonds. The number of hydrogen-bond donors (Lipinski definition) is 0. The molecule has 1 aromatic rings. The SMILES string of the molecule is CC(C)(C)CCC(=O)Sc1cc(N(C(=O)CCC(C)(C)C)C(=O)CCC(C)(C)C)c(F)cc1Cl. The fourth-order valence-electron chi connectivity index (χ4n) is 3.01. The van der Waals surface area contributed by atoms with Crippen molar-refractivity contribution in [2.24, 2.45) is 16.2 Å². The summed E-state index contributed by atoms with van der Waals surface area (Å²) in [6, 6.07) is 2.44. The third kappa shape index (κ3) is 11.4. The van der Waals surface area contributed by atoms with E-state index < -0.39 is 17.6 Å². The number of carbonyl (C=O) groups is 3. The highest BCUT2D eigenvalue weighted by Gasteiger charge is 2.29. The Morgan fingerprint density at radius 2 is 1.21 bits per heavy atom. The molecule has 1 aromatic carbocycles. The quantitative estimate of drug-likeness (QED) is 0.327. The maximum absolute atomic E-state index is 15.1. The fourth-order valence-corrected chi connectivity index (χ4v) is 4.06. The molecule has 1 rings (SSSR count). The van der Waals surface area contributed by atoms with E-state index >= 15 is 4.39 Å². The number of halogens is 2. The van der Waals surface area contributed by atoms with Gasteiger partial charge in [0.15, 0.2) is 5.12 Å². The summed E-state index contributed by atoms with van der Waals surface area (Å²) < 4.78 is 15.1. The van der Waals surface area contributed by atoms with Crippen molar-refractivity contribution in [3.8, 4) is 0 Å². The van der Waals surface area contributed by atoms with Gasteiger partial charge in [-0.15, -0.1) is 0 Å². The summed E-state index contributed by atoms with van der Waals surface area (Å²) in [6.07, 6.45) is 2.37. The van der Waals surface area contributed by atoms with Gasteiger partial charge in [0.25, 0.3) is 0 Å². The molecule has 192 valence electrons. The molecule has 7 heteroatoms. The first-order valence-electron chi connectivity index (χ1n) is 11.8. The molecule has 0 aromatic heterocycles. The van der Waals surface area contributed by atoms with Gasteiger partial charge in [0.1, 0.15) is 5.82 Å². The van der Waals surface area contributed by atoms with Crippen molar-refractivity contribution in [2.75, 3.05) is 4.90 Å². The lowest BCUT2D eigenvalue weighted by molar-refractivity contribution is -0.127. The second kappa shape index (κ2) is 12.0. The molecule has 0 atom stereocenters. The minimum atomic E-state index is -0.760. The zero-order valence-corrected chi connectivity index (χ0v) is 23.8. The molecule has 0 unspecified atom stereocenters. The smallest absolute Gasteiger partial charge is 0.233 e. The molecule has 0 aliphatic carbocycles. The number of rotatable bonds is 8. The van der Waals surface area contributed by atoms with E-state index in [4.69, 9.17) is 11.6 Å². The maximum Gasteiger partial charge on any atom is 0.233 e. The molecule has 0 fully saturated rings. The minimum absolute atomic E-state index is 0.00369. The summed E-state index contributed by atoms with van der Waals surface area (Å²) in [4.78, 5) is 40.2. The van der Waals surface area contributed by atoms with Crippen molar-refractivity contribution in [3.05, 3.63) is 23.0 Å². The van der Waals surface area contributed by atoms with Crippen molar-refractivity contribution in [1.29, 1.82) is 0 Å². The van der Waals surface area contributed by atoms with Crippen LogP contribution in [0.5, 0.6) is 0 Å². The molecule has 0 spiro atoms. The van der Waals surface area contributed by atoms with Crippen LogP contribution in [0.25, 0.3) is 0 Å². The van der Waals surface area contributed by atoms with E-state index in [1.807, 2.05) is 41.5 Å². The number of anilines is 1. The molecule has 0 saturated heterocycles. The summed E-state index contributed by atoms with van der Waals surface area (Å²) in [6.45, 7) is 18.2. The van der Waals surface area contributed by atoms with Crippen molar-refractivity contribution in [1.82, 2.24) is 0 Å². The second-order valence-electron chi connectivity index (χ2n) is 12.5. The highest BCUT2D eigenvalue weighted by atomic mass is 35.5. The van der Waals surface area contributed by atoms with Crippen LogP contribution < -0.4 is 4.90 Å². The van der Waals surface area contributed by atoms with Gasteiger partial charge in [0.2, 0.25) is 11.8 Å². The van der Waals surface area contributed by atoms with Crippen LogP contribution in [0.2, 0.25) is 5.02 Å². The summed E-state index contributed by atoms with van der Waals surface area (Å²) in [7, 11) is 0. The van der Waals surface area contributed by atoms with E-state index in [1.54, 1.807) is 0 Å². The van der Waals surface area contributed by atoms with Crippen LogP contribution in [0.3, 0.4) is 0 Å². The predicted octanol–water partition coefficient (Wildman–Crippen LogP) is 8.44. The summed E-state index contributed by atoms with van der Waals surface area (Å²) >= 11 is 7.16. The minimum Gasteiger partial charge on any atom is -0.287 e. The predicted molar refractivity (Wildman–Crippen MR) is 141 cm³/mol. The summed E-state index contributed by atoms with van der Waals surface area (Å²) in [5.41, 5.74) is -0.374. The molecular formula is C27H41ClFNO3S. The van der Waals surface area contributed by atoms with Crippen molar-refractivity contribution in [2.45, 2.75) is 106 Å². The average molecular weight is 514 g/mol. The number of imide groups is 1. The van der Waals surface area contributed by atoms with Crippen LogP contribution in [0.4, 0.5) is 10.1 Å². The first-order valence-corrected chi connectivity index (χ1v) is 13.0. The lowest BCUT2D eigenvalue weighted by atomic mass is 9.89. The van der Waals surface area contributed by atoms with Gasteiger partial charge in [-0.25, -0.2) is 9.29 Å². The van der Waals surface area contributed by atoms with E-state index in [1.165, 1.54) is 6.07 Å². The molecule has 0 aliphatic heterocycles. The number of hydrogen-bond acceptors (Lipinski definition) is 4. The zero-order chi connectivity index (χ0) is 26.5. The van der Waals surface area contributed by atoms with E-state index in [-0.39, 0.29) is 44.9 Å². The van der Waals surface area contributed by atoms with Crippen molar-refractivity contribution in [3.63, 3.8) is 0 Å². The maximum atomic E-state index is 15.1. The van der Waals surface area contributed by atoms with Gasteiger partial charge in [0, 0.05) is 24.2 Å². The first-order chi connectivity index (χ1) is 15.3. The Balaban J connectivity index is 3.30. The second-order valence-corrected chi connectivity index (χ2v) is 14.0. The molecule has 0 aliphatic rings. The van der Waals surface area contributed by atoms with E-state index in [0.29, 0.717) is 30.6 Å². The molecule has 0 N–H and O–H groups in total. The number of amides is 2. The molecule has 0 radical (unpaired) electrons. The first kappa shape index (κ1) is 30.6. The van der Waals surface area contributed by atoms with E-state index in [0.717, 1.165) is 22.7 Å². The Bertz CT molecular complexity index is 865. The zero-order valence-electron chi connectivity index (χ0n) is 22.2. The van der Waals surface area contributed by atoms with E-state index in [2.05, 4.69) is 20.8 Å². The normalized spacial score (nSPS) is 12.6. The van der Waals surface area contributed by atoms with Crippen LogP contribution in [0.1, 0.15) is 101 Å². The van der Waals surface area contributed by atoms with E-state index in [9.17, 15) is 14.4 Å². The Labute approximate surface area is 214 Å². The fraction of sp³-hybridized carbons (Fsp3) is 0.667. The Kier molecular flexibility index (Phi) is 10.8. The molecule has 34 heavy (non-hydrogen) atoms. The average Bonchev–Trinajstić information content (AvgIpc) is 2.65. The lowest BCUT2D eigenvalue weighted by Crippen LogP contribution is -2.38. The number of nitrogens with zero attached hydrogens (tertiary/aromatic N) is 1. The van der Waals surface area contributed by atoms with Gasteiger partial charge in [-0.3, -0.25) is 14.4 Å². The standard InChI is InChI=1S/C27H41ClFNO3S/c1-25(2,3)13-10-22(31)30(23(32)11-14-26(4,5)6)20-17-21(18(28)16-19(20)29)34-24(33)12-15-27(7,8)9/h16-17H,10-15H2,1-9H3. The number of thioether (sulfide) groups is 1. The van der Waals surface area contributed by atoms with Crippen LogP contribution in [-0.4, -0.2) is 16.9 Å². The van der Waals surface area contributed by atoms with Gasteiger partial charge < -0.3 is 0 Å². The summed E-state index contributed by atoms with van der Waals surface area (Å²) in [5, 5.41) is -0.0151. The third-order valence-electron chi connectivity index (χ3n) is 5.22. The number of benzene rings is 1. The van der Waals surface area contributed by atoms with Gasteiger partial charge in [-0.05, 0) is 47.6 Å². The Morgan fingerprint density at radius 3 is 1.62 bits per heavy atom. The Morgan fingerprint density at radius 1 is 0.794 bits per heavy atom. The van der Waals surface area contributed by atoms with Crippen LogP contribution in [0.15, 0.2) is 17.0 Å².